The van der Waals surface area contributed by atoms with Crippen LogP contribution in [0.15, 0.2) is 6.20 Å². The van der Waals surface area contributed by atoms with Gasteiger partial charge in [0.2, 0.25) is 0 Å². The van der Waals surface area contributed by atoms with Crippen molar-refractivity contribution < 1.29 is 4.74 Å². The molecule has 7 heteroatoms. The van der Waals surface area contributed by atoms with E-state index in [9.17, 15) is 0 Å². The van der Waals surface area contributed by atoms with E-state index in [0.29, 0.717) is 24.2 Å². The first kappa shape index (κ1) is 16.7. The predicted octanol–water partition coefficient (Wildman–Crippen LogP) is 0.819. The van der Waals surface area contributed by atoms with Crippen LogP contribution in [0.4, 0.5) is 0 Å². The number of ether oxygens (including phenoxy) is 1. The third-order valence-electron chi connectivity index (χ3n) is 4.20. The van der Waals surface area contributed by atoms with E-state index in [1.807, 2.05) is 4.68 Å². The second-order valence-corrected chi connectivity index (χ2v) is 6.24. The van der Waals surface area contributed by atoms with Gasteiger partial charge in [-0.3, -0.25) is 4.68 Å². The van der Waals surface area contributed by atoms with Gasteiger partial charge in [-0.05, 0) is 20.5 Å². The van der Waals surface area contributed by atoms with Crippen molar-refractivity contribution in [1.82, 2.24) is 19.6 Å². The van der Waals surface area contributed by atoms with Crippen LogP contribution in [-0.2, 0) is 11.3 Å². The third-order valence-corrected chi connectivity index (χ3v) is 4.49. The van der Waals surface area contributed by atoms with Gasteiger partial charge in [0.25, 0.3) is 0 Å². The Labute approximate surface area is 131 Å². The van der Waals surface area contributed by atoms with Crippen molar-refractivity contribution >= 4 is 11.6 Å². The Morgan fingerprint density at radius 2 is 2.24 bits per heavy atom. The van der Waals surface area contributed by atoms with Gasteiger partial charge in [0.1, 0.15) is 0 Å². The van der Waals surface area contributed by atoms with E-state index in [0.717, 1.165) is 31.7 Å². The summed E-state index contributed by atoms with van der Waals surface area (Å²) in [6.07, 6.45) is 2.54. The third kappa shape index (κ3) is 4.17. The van der Waals surface area contributed by atoms with Crippen LogP contribution in [0.25, 0.3) is 0 Å². The van der Waals surface area contributed by atoms with Crippen molar-refractivity contribution in [3.8, 4) is 0 Å². The number of likely N-dealkylation sites (N-methyl/N-ethyl adjacent to an activating group) is 2. The first-order valence-corrected chi connectivity index (χ1v) is 7.75. The number of hydrogen-bond donors (Lipinski definition) is 1. The molecule has 0 radical (unpaired) electrons. The first-order chi connectivity index (χ1) is 10.0. The van der Waals surface area contributed by atoms with Gasteiger partial charge < -0.3 is 20.3 Å². The molecule has 1 fully saturated rings. The monoisotopic (exact) mass is 315 g/mol. The fourth-order valence-corrected chi connectivity index (χ4v) is 3.14. The second-order valence-electron chi connectivity index (χ2n) is 5.83. The summed E-state index contributed by atoms with van der Waals surface area (Å²) in [4.78, 5) is 4.73. The fraction of sp³-hybridized carbons (Fsp3) is 0.786. The SMILES string of the molecule is COCCn1ncc(Cl)c1C(N)CC1CN(C)CCN1C. The molecule has 1 aliphatic heterocycles. The molecule has 0 saturated carbocycles. The van der Waals surface area contributed by atoms with E-state index in [-0.39, 0.29) is 6.04 Å². The Hall–Kier alpha value is -0.660. The molecule has 1 saturated heterocycles. The smallest absolute Gasteiger partial charge is 0.0834 e. The molecule has 6 nitrogen and oxygen atoms in total. The highest BCUT2D eigenvalue weighted by Crippen LogP contribution is 2.26. The normalized spacial score (nSPS) is 22.6. The molecule has 2 unspecified atom stereocenters. The lowest BCUT2D eigenvalue weighted by molar-refractivity contribution is 0.103. The van der Waals surface area contributed by atoms with E-state index < -0.39 is 0 Å². The van der Waals surface area contributed by atoms with Crippen LogP contribution in [0, 0.1) is 0 Å². The molecular formula is C14H26ClN5O. The standard InChI is InChI=1S/C14H26ClN5O/c1-18-4-5-19(2)11(10-18)8-13(16)14-12(15)9-17-20(14)6-7-21-3/h9,11,13H,4-8,10,16H2,1-3H3. The molecule has 1 aliphatic rings. The molecule has 0 amide bonds. The summed E-state index contributed by atoms with van der Waals surface area (Å²) in [7, 11) is 5.99. The number of rotatable bonds is 6. The number of hydrogen-bond acceptors (Lipinski definition) is 5. The molecule has 0 spiro atoms. The number of halogens is 1. The molecule has 0 aromatic carbocycles. The Balaban J connectivity index is 2.05. The zero-order valence-electron chi connectivity index (χ0n) is 13.1. The van der Waals surface area contributed by atoms with Gasteiger partial charge >= 0.3 is 0 Å². The van der Waals surface area contributed by atoms with Gasteiger partial charge in [-0.2, -0.15) is 5.10 Å². The Morgan fingerprint density at radius 3 is 2.95 bits per heavy atom. The summed E-state index contributed by atoms with van der Waals surface area (Å²) >= 11 is 6.27. The topological polar surface area (TPSA) is 59.6 Å². The molecule has 21 heavy (non-hydrogen) atoms. The minimum atomic E-state index is -0.115. The molecule has 0 bridgehead atoms. The highest BCUT2D eigenvalue weighted by atomic mass is 35.5. The maximum absolute atomic E-state index is 6.42. The van der Waals surface area contributed by atoms with Crippen LogP contribution < -0.4 is 5.73 Å². The molecule has 2 rings (SSSR count). The van der Waals surface area contributed by atoms with Gasteiger partial charge in [-0.15, -0.1) is 0 Å². The van der Waals surface area contributed by atoms with Crippen molar-refractivity contribution in [3.63, 3.8) is 0 Å². The fourth-order valence-electron chi connectivity index (χ4n) is 2.86. The lowest BCUT2D eigenvalue weighted by Crippen LogP contribution is -2.50. The molecule has 1 aromatic heterocycles. The van der Waals surface area contributed by atoms with Crippen molar-refractivity contribution in [1.29, 1.82) is 0 Å². The van der Waals surface area contributed by atoms with Crippen LogP contribution in [0.1, 0.15) is 18.2 Å². The lowest BCUT2D eigenvalue weighted by Gasteiger charge is -2.38. The number of methoxy groups -OCH3 is 1. The number of piperazine rings is 1. The highest BCUT2D eigenvalue weighted by molar-refractivity contribution is 6.31. The van der Waals surface area contributed by atoms with Crippen molar-refractivity contribution in [2.75, 3.05) is 47.4 Å². The molecule has 1 aromatic rings. The lowest BCUT2D eigenvalue weighted by atomic mass is 10.0. The van der Waals surface area contributed by atoms with Crippen LogP contribution in [-0.4, -0.2) is 73.1 Å². The van der Waals surface area contributed by atoms with E-state index in [4.69, 9.17) is 22.1 Å². The summed E-state index contributed by atoms with van der Waals surface area (Å²) in [6, 6.07) is 0.330. The van der Waals surface area contributed by atoms with Gasteiger partial charge in [0, 0.05) is 38.8 Å². The van der Waals surface area contributed by atoms with Crippen LogP contribution in [0.3, 0.4) is 0 Å². The summed E-state index contributed by atoms with van der Waals surface area (Å²) in [5.74, 6) is 0. The van der Waals surface area contributed by atoms with Crippen LogP contribution in [0.5, 0.6) is 0 Å². The Bertz CT molecular complexity index is 453. The van der Waals surface area contributed by atoms with E-state index >= 15 is 0 Å². The van der Waals surface area contributed by atoms with Crippen molar-refractivity contribution in [3.05, 3.63) is 16.9 Å². The zero-order valence-corrected chi connectivity index (χ0v) is 13.9. The molecule has 120 valence electrons. The quantitative estimate of drug-likeness (QED) is 0.842. The zero-order chi connectivity index (χ0) is 15.4. The predicted molar refractivity (Wildman–Crippen MR) is 84.6 cm³/mol. The van der Waals surface area contributed by atoms with Gasteiger partial charge in [0.05, 0.1) is 30.1 Å². The molecule has 2 atom stereocenters. The molecule has 2 N–H and O–H groups in total. The van der Waals surface area contributed by atoms with Gasteiger partial charge in [0.15, 0.2) is 0 Å². The molecule has 2 heterocycles. The minimum absolute atomic E-state index is 0.115. The minimum Gasteiger partial charge on any atom is -0.383 e. The van der Waals surface area contributed by atoms with Crippen LogP contribution in [0.2, 0.25) is 5.02 Å². The first-order valence-electron chi connectivity index (χ1n) is 7.37. The summed E-state index contributed by atoms with van der Waals surface area (Å²) < 4.78 is 6.98. The highest BCUT2D eigenvalue weighted by Gasteiger charge is 2.27. The Kier molecular flexibility index (Phi) is 6.01. The largest absolute Gasteiger partial charge is 0.383 e. The van der Waals surface area contributed by atoms with Crippen molar-refractivity contribution in [2.45, 2.75) is 25.0 Å². The van der Waals surface area contributed by atoms with Gasteiger partial charge in [-0.25, -0.2) is 0 Å². The molecule has 0 aliphatic carbocycles. The van der Waals surface area contributed by atoms with Crippen LogP contribution >= 0.6 is 11.6 Å². The maximum Gasteiger partial charge on any atom is 0.0834 e. The summed E-state index contributed by atoms with van der Waals surface area (Å²) in [5.41, 5.74) is 7.33. The maximum atomic E-state index is 6.42. The average molecular weight is 316 g/mol. The summed E-state index contributed by atoms with van der Waals surface area (Å²) in [5, 5.41) is 4.95. The van der Waals surface area contributed by atoms with Gasteiger partial charge in [-0.1, -0.05) is 11.6 Å². The number of nitrogens with zero attached hydrogens (tertiary/aromatic N) is 4. The number of aromatic nitrogens is 2. The Morgan fingerprint density at radius 1 is 1.48 bits per heavy atom. The van der Waals surface area contributed by atoms with E-state index in [2.05, 4.69) is 29.0 Å². The van der Waals surface area contributed by atoms with E-state index in [1.165, 1.54) is 0 Å². The van der Waals surface area contributed by atoms with E-state index in [1.54, 1.807) is 13.3 Å². The van der Waals surface area contributed by atoms with Crippen molar-refractivity contribution in [2.24, 2.45) is 5.73 Å². The molecular weight excluding hydrogens is 290 g/mol. The number of nitrogens with two attached hydrogens (primary N) is 1. The average Bonchev–Trinajstić information content (AvgIpc) is 2.81. The summed E-state index contributed by atoms with van der Waals surface area (Å²) in [6.45, 7) is 4.49. The second kappa shape index (κ2) is 7.56.